The van der Waals surface area contributed by atoms with Crippen LogP contribution >= 0.6 is 0 Å². The highest BCUT2D eigenvalue weighted by molar-refractivity contribution is 7.92. The summed E-state index contributed by atoms with van der Waals surface area (Å²) < 4.78 is 61.2. The summed E-state index contributed by atoms with van der Waals surface area (Å²) in [6.45, 7) is 4.00. The summed E-state index contributed by atoms with van der Waals surface area (Å²) in [4.78, 5) is 12.9. The highest BCUT2D eigenvalue weighted by Gasteiger charge is 2.22. The third kappa shape index (κ3) is 5.86. The van der Waals surface area contributed by atoms with Crippen molar-refractivity contribution in [3.63, 3.8) is 0 Å². The number of hydrogen-bond acceptors (Lipinski definition) is 8. The van der Waals surface area contributed by atoms with E-state index in [4.69, 9.17) is 10.5 Å². The van der Waals surface area contributed by atoms with Crippen LogP contribution < -0.4 is 20.1 Å². The van der Waals surface area contributed by atoms with Gasteiger partial charge >= 0.3 is 0 Å². The second kappa shape index (κ2) is 11.7. The molecule has 6 rings (SSSR count). The lowest BCUT2D eigenvalue weighted by atomic mass is 10.0. The van der Waals surface area contributed by atoms with Gasteiger partial charge in [0, 0.05) is 60.6 Å². The smallest absolute Gasteiger partial charge is 0.264 e. The molecule has 9 nitrogen and oxygen atoms in total. The summed E-state index contributed by atoms with van der Waals surface area (Å²) in [5.41, 5.74) is 11.3. The second-order valence-electron chi connectivity index (χ2n) is 10.6. The molecule has 12 heteroatoms. The summed E-state index contributed by atoms with van der Waals surface area (Å²) in [5.74, 6) is -1.71. The van der Waals surface area contributed by atoms with Gasteiger partial charge in [-0.2, -0.15) is 0 Å². The number of benzene rings is 3. The van der Waals surface area contributed by atoms with E-state index in [1.807, 2.05) is 36.4 Å². The van der Waals surface area contributed by atoms with Crippen molar-refractivity contribution in [2.45, 2.75) is 4.90 Å². The van der Waals surface area contributed by atoms with Crippen molar-refractivity contribution < 1.29 is 21.9 Å². The number of ether oxygens (including phenoxy) is 1. The van der Waals surface area contributed by atoms with E-state index < -0.39 is 26.6 Å². The van der Waals surface area contributed by atoms with Crippen LogP contribution in [0, 0.1) is 11.6 Å². The molecular formula is C32H30F2N6O3S. The zero-order chi connectivity index (χ0) is 31.0. The molecule has 3 heterocycles. The minimum absolute atomic E-state index is 0.00891. The fourth-order valence-corrected chi connectivity index (χ4v) is 6.37. The lowest BCUT2D eigenvalue weighted by molar-refractivity contribution is 0.313. The van der Waals surface area contributed by atoms with Crippen molar-refractivity contribution in [3.05, 3.63) is 90.6 Å². The monoisotopic (exact) mass is 616 g/mol. The van der Waals surface area contributed by atoms with E-state index in [0.717, 1.165) is 66.1 Å². The molecule has 226 valence electrons. The lowest BCUT2D eigenvalue weighted by Gasteiger charge is -2.34. The highest BCUT2D eigenvalue weighted by atomic mass is 32.2. The molecule has 1 saturated heterocycles. The maximum atomic E-state index is 14.3. The number of anilines is 3. The number of aromatic nitrogens is 2. The zero-order valence-electron chi connectivity index (χ0n) is 24.1. The van der Waals surface area contributed by atoms with Crippen molar-refractivity contribution in [1.82, 2.24) is 14.9 Å². The molecule has 0 atom stereocenters. The number of nitrogen functional groups attached to an aromatic ring is 1. The van der Waals surface area contributed by atoms with Gasteiger partial charge in [-0.05, 0) is 66.7 Å². The predicted octanol–water partition coefficient (Wildman–Crippen LogP) is 5.39. The van der Waals surface area contributed by atoms with Crippen molar-refractivity contribution >= 4 is 38.1 Å². The molecule has 3 N–H and O–H groups in total. The number of sulfonamides is 1. The van der Waals surface area contributed by atoms with Crippen molar-refractivity contribution in [3.8, 4) is 28.1 Å². The molecule has 0 bridgehead atoms. The summed E-state index contributed by atoms with van der Waals surface area (Å²) in [6, 6.07) is 19.6. The molecule has 44 heavy (non-hydrogen) atoms. The van der Waals surface area contributed by atoms with Crippen LogP contribution in [0.15, 0.2) is 83.9 Å². The molecule has 1 fully saturated rings. The van der Waals surface area contributed by atoms with E-state index in [-0.39, 0.29) is 11.6 Å². The fraction of sp³-hybridized carbons (Fsp3) is 0.188. The van der Waals surface area contributed by atoms with E-state index in [0.29, 0.717) is 23.0 Å². The Balaban J connectivity index is 1.31. The summed E-state index contributed by atoms with van der Waals surface area (Å²) in [7, 11) is -0.955. The number of nitrogens with two attached hydrogens (primary N) is 1. The van der Waals surface area contributed by atoms with Gasteiger partial charge in [0.1, 0.15) is 28.0 Å². The van der Waals surface area contributed by atoms with Crippen LogP contribution in [0.5, 0.6) is 5.88 Å². The summed E-state index contributed by atoms with van der Waals surface area (Å²) in [5, 5.41) is 0.821. The molecule has 5 aromatic rings. The highest BCUT2D eigenvalue weighted by Crippen LogP contribution is 2.34. The van der Waals surface area contributed by atoms with Gasteiger partial charge < -0.3 is 20.3 Å². The van der Waals surface area contributed by atoms with Crippen LogP contribution in [0.25, 0.3) is 33.2 Å². The average molecular weight is 617 g/mol. The third-order valence-corrected chi connectivity index (χ3v) is 9.10. The number of fused-ring (bicyclic) bond motifs is 1. The molecule has 1 aliphatic heterocycles. The topological polar surface area (TPSA) is 114 Å². The quantitative estimate of drug-likeness (QED) is 0.251. The second-order valence-corrected chi connectivity index (χ2v) is 12.3. The number of halogens is 2. The zero-order valence-corrected chi connectivity index (χ0v) is 24.9. The average Bonchev–Trinajstić information content (AvgIpc) is 3.00. The molecule has 0 amide bonds. The number of nitrogens with zero attached hydrogens (tertiary/aromatic N) is 4. The van der Waals surface area contributed by atoms with Gasteiger partial charge in [0.15, 0.2) is 0 Å². The van der Waals surface area contributed by atoms with Crippen LogP contribution in [0.1, 0.15) is 0 Å². The van der Waals surface area contributed by atoms with Gasteiger partial charge in [-0.1, -0.05) is 18.2 Å². The van der Waals surface area contributed by atoms with E-state index in [1.165, 1.54) is 13.2 Å². The Labute approximate surface area is 254 Å². The van der Waals surface area contributed by atoms with Gasteiger partial charge in [0.2, 0.25) is 5.88 Å². The SMILES string of the molecule is COc1ncc(-c2ccc3nc(N)c(-c4ccc(N5CCN(C)CC5)cc4)cc3c2)cc1NS(=O)(=O)c1ccc(F)cc1F. The lowest BCUT2D eigenvalue weighted by Crippen LogP contribution is -2.44. The van der Waals surface area contributed by atoms with Gasteiger partial charge in [-0.15, -0.1) is 0 Å². The molecule has 0 unspecified atom stereocenters. The van der Waals surface area contributed by atoms with Crippen LogP contribution in [-0.4, -0.2) is 63.6 Å². The van der Waals surface area contributed by atoms with Crippen molar-refractivity contribution in [1.29, 1.82) is 0 Å². The van der Waals surface area contributed by atoms with E-state index in [1.54, 1.807) is 6.20 Å². The number of piperazine rings is 1. The molecule has 0 spiro atoms. The molecule has 2 aromatic heterocycles. The number of methoxy groups -OCH3 is 1. The molecule has 3 aromatic carbocycles. The molecule has 0 aliphatic carbocycles. The van der Waals surface area contributed by atoms with Gasteiger partial charge in [-0.25, -0.2) is 27.2 Å². The first-order valence-electron chi connectivity index (χ1n) is 13.9. The first kappa shape index (κ1) is 29.3. The van der Waals surface area contributed by atoms with Crippen LogP contribution in [-0.2, 0) is 10.0 Å². The van der Waals surface area contributed by atoms with Crippen molar-refractivity contribution in [2.75, 3.05) is 55.7 Å². The van der Waals surface area contributed by atoms with E-state index >= 15 is 0 Å². The van der Waals surface area contributed by atoms with Crippen molar-refractivity contribution in [2.24, 2.45) is 0 Å². The first-order chi connectivity index (χ1) is 21.1. The maximum absolute atomic E-state index is 14.3. The Kier molecular flexibility index (Phi) is 7.78. The summed E-state index contributed by atoms with van der Waals surface area (Å²) in [6.07, 6.45) is 1.54. The third-order valence-electron chi connectivity index (χ3n) is 7.70. The largest absolute Gasteiger partial charge is 0.480 e. The standard InChI is InChI=1S/C32H30F2N6O3S/c1-39-11-13-40(14-12-39)25-7-3-20(4-8-25)26-16-22-15-21(5-9-28(22)37-31(26)35)23-17-29(32(43-2)36-19-23)38-44(41,42)30-10-6-24(33)18-27(30)34/h3-10,15-19,38H,11-14H2,1-2H3,(H2,35,37). The minimum Gasteiger partial charge on any atom is -0.480 e. The van der Waals surface area contributed by atoms with Gasteiger partial charge in [-0.3, -0.25) is 4.72 Å². The molecule has 1 aliphatic rings. The van der Waals surface area contributed by atoms with Crippen LogP contribution in [0.4, 0.5) is 26.0 Å². The Morgan fingerprint density at radius 1 is 0.886 bits per heavy atom. The van der Waals surface area contributed by atoms with E-state index in [9.17, 15) is 17.2 Å². The number of rotatable bonds is 7. The molecule has 0 saturated carbocycles. The van der Waals surface area contributed by atoms with Crippen LogP contribution in [0.3, 0.4) is 0 Å². The van der Waals surface area contributed by atoms with Gasteiger partial charge in [0.25, 0.3) is 10.0 Å². The van der Waals surface area contributed by atoms with Gasteiger partial charge in [0.05, 0.1) is 12.6 Å². The maximum Gasteiger partial charge on any atom is 0.264 e. The molecular weight excluding hydrogens is 586 g/mol. The Hall–Kier alpha value is -4.81. The van der Waals surface area contributed by atoms with Crippen LogP contribution in [0.2, 0.25) is 0 Å². The fourth-order valence-electron chi connectivity index (χ4n) is 5.26. The van der Waals surface area contributed by atoms with E-state index in [2.05, 4.69) is 43.7 Å². The Bertz CT molecular complexity index is 1960. The summed E-state index contributed by atoms with van der Waals surface area (Å²) >= 11 is 0. The number of nitrogens with one attached hydrogen (secondary N) is 1. The first-order valence-corrected chi connectivity index (χ1v) is 15.4. The Morgan fingerprint density at radius 3 is 2.32 bits per heavy atom. The molecule has 0 radical (unpaired) electrons. The Morgan fingerprint density at radius 2 is 1.61 bits per heavy atom. The number of likely N-dealkylation sites (N-methyl/N-ethyl adjacent to an activating group) is 1. The minimum atomic E-state index is -4.42. The normalized spacial score (nSPS) is 14.1. The number of pyridine rings is 2. The predicted molar refractivity (Wildman–Crippen MR) is 168 cm³/mol. The number of hydrogen-bond donors (Lipinski definition) is 2.